The third-order valence-electron chi connectivity index (χ3n) is 6.31. The topological polar surface area (TPSA) is 130 Å². The first-order valence-electron chi connectivity index (χ1n) is 11.5. The number of anilines is 2. The quantitative estimate of drug-likeness (QED) is 0.373. The summed E-state index contributed by atoms with van der Waals surface area (Å²) in [6, 6.07) is 0. The van der Waals surface area contributed by atoms with Crippen molar-refractivity contribution >= 4 is 40.4 Å². The number of pyridine rings is 1. The molecule has 0 amide bonds. The van der Waals surface area contributed by atoms with E-state index in [0.717, 1.165) is 11.4 Å². The van der Waals surface area contributed by atoms with E-state index in [1.54, 1.807) is 23.2 Å². The Morgan fingerprint density at radius 3 is 2.51 bits per heavy atom. The Hall–Kier alpha value is -3.79. The molecule has 180 valence electrons. The fourth-order valence-corrected chi connectivity index (χ4v) is 5.00. The van der Waals surface area contributed by atoms with Crippen LogP contribution in [0.4, 0.5) is 11.9 Å². The van der Waals surface area contributed by atoms with Gasteiger partial charge in [0.15, 0.2) is 17.2 Å². The molecule has 0 aromatic carbocycles. The van der Waals surface area contributed by atoms with Gasteiger partial charge in [0.1, 0.15) is 16.2 Å². The molecule has 5 rings (SSSR count). The van der Waals surface area contributed by atoms with Gasteiger partial charge in [-0.25, -0.2) is 19.9 Å². The lowest BCUT2D eigenvalue weighted by molar-refractivity contribution is 0.509. The summed E-state index contributed by atoms with van der Waals surface area (Å²) in [6.45, 7) is 4.09. The molecular formula is C24H26ClN9O. The molecule has 10 nitrogen and oxygen atoms in total. The van der Waals surface area contributed by atoms with Gasteiger partial charge in [0, 0.05) is 37.0 Å². The van der Waals surface area contributed by atoms with Crippen molar-refractivity contribution in [2.45, 2.75) is 45.4 Å². The summed E-state index contributed by atoms with van der Waals surface area (Å²) in [5.74, 6) is 2.19. The van der Waals surface area contributed by atoms with Crippen molar-refractivity contribution in [1.29, 1.82) is 0 Å². The Labute approximate surface area is 207 Å². The van der Waals surface area contributed by atoms with Crippen LogP contribution in [-0.2, 0) is 7.05 Å². The lowest BCUT2D eigenvalue weighted by Crippen LogP contribution is -2.09. The van der Waals surface area contributed by atoms with E-state index in [9.17, 15) is 0 Å². The summed E-state index contributed by atoms with van der Waals surface area (Å²) in [5.41, 5.74) is 10.6. The van der Waals surface area contributed by atoms with Crippen LogP contribution in [0.5, 0.6) is 5.75 Å². The Morgan fingerprint density at radius 2 is 1.86 bits per heavy atom. The Kier molecular flexibility index (Phi) is 6.21. The lowest BCUT2D eigenvalue weighted by atomic mass is 9.95. The lowest BCUT2D eigenvalue weighted by Gasteiger charge is -2.16. The Morgan fingerprint density at radius 1 is 1.11 bits per heavy atom. The molecule has 0 bridgehead atoms. The zero-order valence-electron chi connectivity index (χ0n) is 19.8. The number of nitrogens with two attached hydrogens (primary N) is 1. The number of halogens is 1. The first-order valence-corrected chi connectivity index (χ1v) is 11.8. The molecule has 0 radical (unpaired) electrons. The number of ether oxygens (including phenoxy) is 1. The maximum atomic E-state index is 6.71. The molecule has 1 saturated carbocycles. The molecule has 0 spiro atoms. The number of aromatic nitrogens is 7. The summed E-state index contributed by atoms with van der Waals surface area (Å²) >= 11 is 6.71. The van der Waals surface area contributed by atoms with Crippen LogP contribution in [0.3, 0.4) is 0 Å². The monoisotopic (exact) mass is 491 g/mol. The highest BCUT2D eigenvalue weighted by Gasteiger charge is 2.23. The number of nitrogens with one attached hydrogen (secondary N) is 1. The molecule has 1 fully saturated rings. The average Bonchev–Trinajstić information content (AvgIpc) is 3.48. The van der Waals surface area contributed by atoms with Crippen molar-refractivity contribution < 1.29 is 4.74 Å². The van der Waals surface area contributed by atoms with E-state index in [0.29, 0.717) is 51.2 Å². The summed E-state index contributed by atoms with van der Waals surface area (Å²) in [6.07, 6.45) is 12.4. The largest absolute Gasteiger partial charge is 0.450 e. The number of aryl methyl sites for hydroxylation is 3. The predicted molar refractivity (Wildman–Crippen MR) is 134 cm³/mol. The highest BCUT2D eigenvalue weighted by molar-refractivity contribution is 6.36. The fourth-order valence-electron chi connectivity index (χ4n) is 4.70. The normalized spacial score (nSPS) is 14.6. The number of hydrogen-bond acceptors (Lipinski definition) is 9. The SMILES string of the molecule is Cc1nc(Nc2nc3ncc(OC(=CN)c4cnccn4)c(Cl)c3n2C)nc(C)c1C1CCCC1. The van der Waals surface area contributed by atoms with Crippen molar-refractivity contribution in [3.05, 3.63) is 58.7 Å². The Balaban J connectivity index is 1.45. The molecule has 35 heavy (non-hydrogen) atoms. The molecule has 4 aromatic heterocycles. The first kappa shape index (κ1) is 23.0. The van der Waals surface area contributed by atoms with E-state index in [1.807, 2.05) is 20.9 Å². The van der Waals surface area contributed by atoms with E-state index in [4.69, 9.17) is 32.0 Å². The van der Waals surface area contributed by atoms with Crippen molar-refractivity contribution in [2.75, 3.05) is 5.32 Å². The maximum Gasteiger partial charge on any atom is 0.229 e. The molecule has 3 N–H and O–H groups in total. The molecule has 1 aliphatic carbocycles. The van der Waals surface area contributed by atoms with Gasteiger partial charge in [-0.15, -0.1) is 0 Å². The summed E-state index contributed by atoms with van der Waals surface area (Å²) in [5, 5.41) is 3.57. The van der Waals surface area contributed by atoms with E-state index in [-0.39, 0.29) is 0 Å². The molecule has 11 heteroatoms. The molecule has 0 atom stereocenters. The minimum atomic E-state index is 0.309. The van der Waals surface area contributed by atoms with Crippen LogP contribution in [-0.4, -0.2) is 34.5 Å². The van der Waals surface area contributed by atoms with Crippen molar-refractivity contribution in [1.82, 2.24) is 34.5 Å². The number of imidazole rings is 1. The fraction of sp³-hybridized carbons (Fsp3) is 0.333. The van der Waals surface area contributed by atoms with Crippen LogP contribution in [0.25, 0.3) is 16.9 Å². The standard InChI is InChI=1S/C24H26ClN9O/c1-13-19(15-6-4-5-7-15)14(2)31-23(30-13)33-24-32-22-21(34(24)3)20(25)18(12-29-22)35-17(10-26)16-11-27-8-9-28-16/h8-12,15H,4-7,26H2,1-3H3,(H,29,30,31,32,33). The van der Waals surface area contributed by atoms with E-state index < -0.39 is 0 Å². The molecule has 0 aliphatic heterocycles. The molecule has 0 unspecified atom stereocenters. The summed E-state index contributed by atoms with van der Waals surface area (Å²) in [4.78, 5) is 26.7. The summed E-state index contributed by atoms with van der Waals surface area (Å²) in [7, 11) is 1.84. The van der Waals surface area contributed by atoms with Gasteiger partial charge in [-0.2, -0.15) is 4.98 Å². The van der Waals surface area contributed by atoms with Crippen LogP contribution < -0.4 is 15.8 Å². The van der Waals surface area contributed by atoms with Crippen LogP contribution in [0.15, 0.2) is 31.0 Å². The summed E-state index contributed by atoms with van der Waals surface area (Å²) < 4.78 is 7.71. The van der Waals surface area contributed by atoms with Crippen LogP contribution in [0.2, 0.25) is 5.02 Å². The highest BCUT2D eigenvalue weighted by atomic mass is 35.5. The van der Waals surface area contributed by atoms with Crippen molar-refractivity contribution in [2.24, 2.45) is 12.8 Å². The third kappa shape index (κ3) is 4.37. The molecule has 4 heterocycles. The van der Waals surface area contributed by atoms with E-state index >= 15 is 0 Å². The van der Waals surface area contributed by atoms with Crippen LogP contribution in [0.1, 0.15) is 54.2 Å². The molecular weight excluding hydrogens is 466 g/mol. The maximum absolute atomic E-state index is 6.71. The molecule has 4 aromatic rings. The van der Waals surface area contributed by atoms with Gasteiger partial charge in [0.25, 0.3) is 0 Å². The number of hydrogen-bond donors (Lipinski definition) is 2. The van der Waals surface area contributed by atoms with Crippen molar-refractivity contribution in [3.8, 4) is 5.75 Å². The number of nitrogens with zero attached hydrogens (tertiary/aromatic N) is 7. The average molecular weight is 492 g/mol. The minimum absolute atomic E-state index is 0.309. The van der Waals surface area contributed by atoms with E-state index in [1.165, 1.54) is 43.6 Å². The predicted octanol–water partition coefficient (Wildman–Crippen LogP) is 4.56. The number of rotatable bonds is 6. The van der Waals surface area contributed by atoms with E-state index in [2.05, 4.69) is 25.3 Å². The highest BCUT2D eigenvalue weighted by Crippen LogP contribution is 2.37. The van der Waals surface area contributed by atoms with Gasteiger partial charge in [-0.3, -0.25) is 10.3 Å². The van der Waals surface area contributed by atoms with Gasteiger partial charge in [-0.1, -0.05) is 24.4 Å². The zero-order chi connectivity index (χ0) is 24.5. The van der Waals surface area contributed by atoms with Gasteiger partial charge in [-0.05, 0) is 38.2 Å². The van der Waals surface area contributed by atoms with Gasteiger partial charge < -0.3 is 15.0 Å². The molecule has 1 aliphatic rings. The second-order valence-corrected chi connectivity index (χ2v) is 8.94. The smallest absolute Gasteiger partial charge is 0.229 e. The van der Waals surface area contributed by atoms with Gasteiger partial charge in [0.2, 0.25) is 11.9 Å². The van der Waals surface area contributed by atoms with Crippen molar-refractivity contribution in [3.63, 3.8) is 0 Å². The molecule has 0 saturated heterocycles. The number of fused-ring (bicyclic) bond motifs is 1. The minimum Gasteiger partial charge on any atom is -0.450 e. The van der Waals surface area contributed by atoms with Gasteiger partial charge in [0.05, 0.1) is 12.4 Å². The Bertz CT molecular complexity index is 1390. The first-order chi connectivity index (χ1) is 17.0. The van der Waals surface area contributed by atoms with Crippen LogP contribution in [0, 0.1) is 13.8 Å². The second kappa shape index (κ2) is 9.46. The van der Waals surface area contributed by atoms with Gasteiger partial charge >= 0.3 is 0 Å². The van der Waals surface area contributed by atoms with Crippen LogP contribution >= 0.6 is 11.6 Å². The zero-order valence-corrected chi connectivity index (χ0v) is 20.5. The third-order valence-corrected chi connectivity index (χ3v) is 6.67. The second-order valence-electron chi connectivity index (χ2n) is 8.56.